The number of allylic oxidation sites excluding steroid dienone is 1. The molecule has 1 aliphatic heterocycles. The molecule has 0 aliphatic carbocycles. The van der Waals surface area contributed by atoms with Gasteiger partial charge in [0.2, 0.25) is 5.91 Å². The van der Waals surface area contributed by atoms with Gasteiger partial charge >= 0.3 is 0 Å². The lowest BCUT2D eigenvalue weighted by Gasteiger charge is -2.22. The van der Waals surface area contributed by atoms with Gasteiger partial charge in [0, 0.05) is 18.4 Å². The maximum atomic E-state index is 12.0. The van der Waals surface area contributed by atoms with Gasteiger partial charge in [0.05, 0.1) is 5.88 Å². The van der Waals surface area contributed by atoms with Crippen LogP contribution in [0.4, 0.5) is 0 Å². The van der Waals surface area contributed by atoms with Crippen LogP contribution in [0.2, 0.25) is 0 Å². The van der Waals surface area contributed by atoms with Crippen LogP contribution < -0.4 is 5.32 Å². The predicted molar refractivity (Wildman–Crippen MR) is 66.1 cm³/mol. The van der Waals surface area contributed by atoms with Crippen molar-refractivity contribution in [3.05, 3.63) is 11.6 Å². The first kappa shape index (κ1) is 13.1. The van der Waals surface area contributed by atoms with Crippen molar-refractivity contribution < 1.29 is 9.59 Å². The van der Waals surface area contributed by atoms with E-state index in [0.717, 1.165) is 12.0 Å². The van der Waals surface area contributed by atoms with Gasteiger partial charge in [-0.2, -0.15) is 0 Å². The summed E-state index contributed by atoms with van der Waals surface area (Å²) in [5.74, 6) is 1.18. The Labute approximate surface area is 100 Å². The fourth-order valence-electron chi connectivity index (χ4n) is 1.65. The third-order valence-corrected chi connectivity index (χ3v) is 3.55. The van der Waals surface area contributed by atoms with E-state index in [1.807, 2.05) is 13.0 Å². The highest BCUT2D eigenvalue weighted by molar-refractivity contribution is 7.99. The van der Waals surface area contributed by atoms with E-state index in [4.69, 9.17) is 0 Å². The molecule has 1 atom stereocenters. The van der Waals surface area contributed by atoms with Crippen LogP contribution in [0.5, 0.6) is 0 Å². The molecule has 0 radical (unpaired) electrons. The number of thioether (sulfide) groups is 1. The Bertz CT molecular complexity index is 315. The number of nitrogens with zero attached hydrogens (tertiary/aromatic N) is 1. The van der Waals surface area contributed by atoms with E-state index in [1.165, 1.54) is 0 Å². The van der Waals surface area contributed by atoms with Gasteiger partial charge in [-0.3, -0.25) is 9.59 Å². The number of hydrogen-bond donors (Lipinski definition) is 1. The average molecular weight is 242 g/mol. The average Bonchev–Trinajstić information content (AvgIpc) is 2.76. The topological polar surface area (TPSA) is 49.4 Å². The van der Waals surface area contributed by atoms with Gasteiger partial charge in [0.15, 0.2) is 0 Å². The van der Waals surface area contributed by atoms with Gasteiger partial charge in [-0.1, -0.05) is 13.0 Å². The molecule has 90 valence electrons. The summed E-state index contributed by atoms with van der Waals surface area (Å²) in [6.07, 6.45) is 2.73. The van der Waals surface area contributed by atoms with Crippen LogP contribution in [0.3, 0.4) is 0 Å². The number of amides is 2. The largest absolute Gasteiger partial charge is 0.357 e. The van der Waals surface area contributed by atoms with E-state index in [9.17, 15) is 9.59 Å². The van der Waals surface area contributed by atoms with Crippen molar-refractivity contribution in [3.8, 4) is 0 Å². The molecule has 1 N–H and O–H groups in total. The van der Waals surface area contributed by atoms with Crippen LogP contribution in [-0.4, -0.2) is 41.4 Å². The Morgan fingerprint density at radius 2 is 2.25 bits per heavy atom. The van der Waals surface area contributed by atoms with Crippen molar-refractivity contribution in [2.75, 3.05) is 18.7 Å². The summed E-state index contributed by atoms with van der Waals surface area (Å²) in [4.78, 5) is 25.2. The summed E-state index contributed by atoms with van der Waals surface area (Å²) in [5.41, 5.74) is 0.721. The lowest BCUT2D eigenvalue weighted by molar-refractivity contribution is -0.135. The van der Waals surface area contributed by atoms with Gasteiger partial charge in [0.25, 0.3) is 5.91 Å². The lowest BCUT2D eigenvalue weighted by atomic mass is 10.2. The first-order chi connectivity index (χ1) is 7.61. The van der Waals surface area contributed by atoms with Gasteiger partial charge in [-0.05, 0) is 13.3 Å². The monoisotopic (exact) mass is 242 g/mol. The second kappa shape index (κ2) is 5.94. The maximum absolute atomic E-state index is 12.0. The number of nitrogens with one attached hydrogen (secondary N) is 1. The Balaban J connectivity index is 2.75. The fraction of sp³-hybridized carbons (Fsp3) is 0.636. The first-order valence-corrected chi connectivity index (χ1v) is 6.54. The second-order valence-corrected chi connectivity index (χ2v) is 4.70. The van der Waals surface area contributed by atoms with Crippen LogP contribution in [0.15, 0.2) is 11.6 Å². The summed E-state index contributed by atoms with van der Waals surface area (Å²) >= 11 is 1.61. The van der Waals surface area contributed by atoms with E-state index in [2.05, 4.69) is 5.32 Å². The van der Waals surface area contributed by atoms with Crippen molar-refractivity contribution in [3.63, 3.8) is 0 Å². The molecule has 1 fully saturated rings. The Morgan fingerprint density at radius 3 is 2.81 bits per heavy atom. The van der Waals surface area contributed by atoms with Crippen LogP contribution in [0, 0.1) is 0 Å². The highest BCUT2D eigenvalue weighted by Gasteiger charge is 2.34. The van der Waals surface area contributed by atoms with Gasteiger partial charge in [0.1, 0.15) is 6.04 Å². The second-order valence-electron chi connectivity index (χ2n) is 3.70. The summed E-state index contributed by atoms with van der Waals surface area (Å²) in [5, 5.41) is 2.60. The first-order valence-electron chi connectivity index (χ1n) is 5.38. The number of carbonyl (C=O) groups is 2. The quantitative estimate of drug-likeness (QED) is 0.751. The van der Waals surface area contributed by atoms with E-state index in [-0.39, 0.29) is 17.9 Å². The molecule has 1 aliphatic rings. The normalized spacial score (nSPS) is 21.1. The summed E-state index contributed by atoms with van der Waals surface area (Å²) in [6.45, 7) is 3.79. The Morgan fingerprint density at radius 1 is 1.56 bits per heavy atom. The number of rotatable bonds is 3. The predicted octanol–water partition coefficient (Wildman–Crippen LogP) is 0.990. The van der Waals surface area contributed by atoms with E-state index in [0.29, 0.717) is 11.6 Å². The zero-order valence-electron chi connectivity index (χ0n) is 9.95. The highest BCUT2D eigenvalue weighted by atomic mass is 32.2. The standard InChI is InChI=1S/C11H18N2O2S/c1-4-5-8(2)11(15)13-7-16-6-9(13)10(14)12-3/h5,9H,4,6-7H2,1-3H3,(H,12,14)/b8-5+/t9-/m1/s1. The van der Waals surface area contributed by atoms with Crippen LogP contribution in [-0.2, 0) is 9.59 Å². The van der Waals surface area contributed by atoms with Crippen LogP contribution in [0.25, 0.3) is 0 Å². The van der Waals surface area contributed by atoms with Crippen LogP contribution >= 0.6 is 11.8 Å². The molecule has 4 nitrogen and oxygen atoms in total. The molecule has 0 aromatic rings. The van der Waals surface area contributed by atoms with Gasteiger partial charge < -0.3 is 10.2 Å². The summed E-state index contributed by atoms with van der Waals surface area (Å²) < 4.78 is 0. The van der Waals surface area contributed by atoms with Crippen molar-refractivity contribution in [1.82, 2.24) is 10.2 Å². The van der Waals surface area contributed by atoms with Crippen LogP contribution in [0.1, 0.15) is 20.3 Å². The van der Waals surface area contributed by atoms with Crippen molar-refractivity contribution in [1.29, 1.82) is 0 Å². The van der Waals surface area contributed by atoms with E-state index in [1.54, 1.807) is 30.6 Å². The molecule has 2 amide bonds. The zero-order valence-corrected chi connectivity index (χ0v) is 10.8. The number of likely N-dealkylation sites (N-methyl/N-ethyl adjacent to an activating group) is 1. The number of carbonyl (C=O) groups excluding carboxylic acids is 2. The molecule has 0 bridgehead atoms. The smallest absolute Gasteiger partial charge is 0.250 e. The van der Waals surface area contributed by atoms with E-state index < -0.39 is 0 Å². The SMILES string of the molecule is CC/C=C(\C)C(=O)N1CSC[C@@H]1C(=O)NC. The lowest BCUT2D eigenvalue weighted by Crippen LogP contribution is -2.46. The van der Waals surface area contributed by atoms with Crippen molar-refractivity contribution in [2.24, 2.45) is 0 Å². The van der Waals surface area contributed by atoms with Crippen molar-refractivity contribution in [2.45, 2.75) is 26.3 Å². The Kier molecular flexibility index (Phi) is 4.86. The highest BCUT2D eigenvalue weighted by Crippen LogP contribution is 2.22. The van der Waals surface area contributed by atoms with Gasteiger partial charge in [-0.25, -0.2) is 0 Å². The van der Waals surface area contributed by atoms with Gasteiger partial charge in [-0.15, -0.1) is 11.8 Å². The molecule has 0 aromatic heterocycles. The molecule has 0 unspecified atom stereocenters. The molecule has 5 heteroatoms. The van der Waals surface area contributed by atoms with Crippen molar-refractivity contribution >= 4 is 23.6 Å². The fourth-order valence-corrected chi connectivity index (χ4v) is 2.80. The third kappa shape index (κ3) is 2.78. The third-order valence-electron chi connectivity index (χ3n) is 2.54. The molecule has 1 rings (SSSR count). The molecule has 1 saturated heterocycles. The molecule has 16 heavy (non-hydrogen) atoms. The number of hydrogen-bond acceptors (Lipinski definition) is 3. The molecular formula is C11H18N2O2S. The molecule has 0 saturated carbocycles. The minimum Gasteiger partial charge on any atom is -0.357 e. The van der Waals surface area contributed by atoms with E-state index >= 15 is 0 Å². The minimum atomic E-state index is -0.317. The molecule has 1 heterocycles. The zero-order chi connectivity index (χ0) is 12.1. The molecular weight excluding hydrogens is 224 g/mol. The maximum Gasteiger partial charge on any atom is 0.250 e. The minimum absolute atomic E-state index is 0.0274. The summed E-state index contributed by atoms with van der Waals surface area (Å²) in [6, 6.07) is -0.317. The summed E-state index contributed by atoms with van der Waals surface area (Å²) in [7, 11) is 1.60. The molecule has 0 aromatic carbocycles. The molecule has 0 spiro atoms. The Hall–Kier alpha value is -0.970.